The summed E-state index contributed by atoms with van der Waals surface area (Å²) < 4.78 is 2.71. The van der Waals surface area contributed by atoms with Gasteiger partial charge in [-0.15, -0.1) is 5.10 Å². The molecule has 1 fully saturated rings. The molecule has 18 heavy (non-hydrogen) atoms. The van der Waals surface area contributed by atoms with Crippen LogP contribution in [0.3, 0.4) is 0 Å². The molecule has 0 radical (unpaired) electrons. The first-order valence-corrected chi connectivity index (χ1v) is 7.40. The molecular formula is C13H23BrN4. The van der Waals surface area contributed by atoms with E-state index >= 15 is 0 Å². The lowest BCUT2D eigenvalue weighted by molar-refractivity contribution is 0.151. The van der Waals surface area contributed by atoms with Gasteiger partial charge in [0.25, 0.3) is 0 Å². The quantitative estimate of drug-likeness (QED) is 0.867. The van der Waals surface area contributed by atoms with Crippen LogP contribution in [0.2, 0.25) is 0 Å². The van der Waals surface area contributed by atoms with Gasteiger partial charge in [0.05, 0.1) is 5.69 Å². The minimum Gasteiger partial charge on any atom is -0.327 e. The van der Waals surface area contributed by atoms with E-state index in [1.807, 2.05) is 11.7 Å². The Bertz CT molecular complexity index is 402. The Labute approximate surface area is 117 Å². The van der Waals surface area contributed by atoms with Crippen molar-refractivity contribution in [2.45, 2.75) is 52.0 Å². The van der Waals surface area contributed by atoms with Gasteiger partial charge in [0.1, 0.15) is 0 Å². The van der Waals surface area contributed by atoms with Crippen LogP contribution in [0.4, 0.5) is 0 Å². The van der Waals surface area contributed by atoms with E-state index in [1.165, 1.54) is 6.42 Å². The third-order valence-electron chi connectivity index (χ3n) is 4.31. The second kappa shape index (κ2) is 4.93. The first-order valence-electron chi connectivity index (χ1n) is 6.61. The summed E-state index contributed by atoms with van der Waals surface area (Å²) in [5.74, 6) is 1.07. The number of nitrogens with zero attached hydrogens (tertiary/aromatic N) is 3. The number of hydrogen-bond donors (Lipinski definition) is 1. The maximum absolute atomic E-state index is 6.32. The van der Waals surface area contributed by atoms with Gasteiger partial charge in [0.2, 0.25) is 0 Å². The fourth-order valence-corrected chi connectivity index (χ4v) is 3.65. The van der Waals surface area contributed by atoms with Crippen LogP contribution in [0.1, 0.15) is 51.6 Å². The lowest BCUT2D eigenvalue weighted by Crippen LogP contribution is -2.39. The lowest BCUT2D eigenvalue weighted by atomic mass is 9.67. The highest BCUT2D eigenvalue weighted by Gasteiger charge is 2.37. The normalized spacial score (nSPS) is 29.6. The van der Waals surface area contributed by atoms with Crippen LogP contribution in [-0.2, 0) is 7.05 Å². The van der Waals surface area contributed by atoms with Crippen molar-refractivity contribution < 1.29 is 0 Å². The highest BCUT2D eigenvalue weighted by atomic mass is 79.9. The predicted molar refractivity (Wildman–Crippen MR) is 76.2 cm³/mol. The van der Waals surface area contributed by atoms with Crippen molar-refractivity contribution in [1.82, 2.24) is 15.0 Å². The molecule has 0 bridgehead atoms. The van der Waals surface area contributed by atoms with Crippen molar-refractivity contribution in [2.24, 2.45) is 24.1 Å². The number of nitrogens with two attached hydrogens (primary N) is 1. The first-order chi connectivity index (χ1) is 8.30. The van der Waals surface area contributed by atoms with Gasteiger partial charge in [-0.2, -0.15) is 0 Å². The molecule has 2 N–H and O–H groups in total. The van der Waals surface area contributed by atoms with Gasteiger partial charge in [-0.1, -0.05) is 26.0 Å². The monoisotopic (exact) mass is 314 g/mol. The van der Waals surface area contributed by atoms with Crippen molar-refractivity contribution >= 4 is 15.9 Å². The van der Waals surface area contributed by atoms with E-state index < -0.39 is 0 Å². The Morgan fingerprint density at radius 3 is 2.50 bits per heavy atom. The molecule has 3 atom stereocenters. The maximum Gasteiger partial charge on any atom is 0.151 e. The molecule has 2 rings (SSSR count). The molecule has 102 valence electrons. The van der Waals surface area contributed by atoms with E-state index in [1.54, 1.807) is 0 Å². The molecule has 0 spiro atoms. The van der Waals surface area contributed by atoms with Gasteiger partial charge in [-0.25, -0.2) is 0 Å². The highest BCUT2D eigenvalue weighted by Crippen LogP contribution is 2.44. The molecule has 5 heteroatoms. The molecule has 4 nitrogen and oxygen atoms in total. The Hall–Kier alpha value is -0.420. The van der Waals surface area contributed by atoms with Crippen LogP contribution in [0, 0.1) is 11.3 Å². The highest BCUT2D eigenvalue weighted by molar-refractivity contribution is 9.10. The molecule has 0 amide bonds. The van der Waals surface area contributed by atoms with Gasteiger partial charge in [0.15, 0.2) is 4.60 Å². The number of hydrogen-bond acceptors (Lipinski definition) is 3. The molecule has 1 aromatic rings. The molecule has 0 saturated heterocycles. The van der Waals surface area contributed by atoms with E-state index in [0.717, 1.165) is 23.1 Å². The minimum absolute atomic E-state index is 0.220. The summed E-state index contributed by atoms with van der Waals surface area (Å²) in [5.41, 5.74) is 7.82. The zero-order valence-corrected chi connectivity index (χ0v) is 13.2. The van der Waals surface area contributed by atoms with Crippen LogP contribution in [0.15, 0.2) is 4.60 Å². The van der Waals surface area contributed by atoms with Gasteiger partial charge in [-0.05, 0) is 46.5 Å². The molecule has 1 aromatic heterocycles. The predicted octanol–water partition coefficient (Wildman–Crippen LogP) is 2.83. The third-order valence-corrected chi connectivity index (χ3v) is 4.87. The summed E-state index contributed by atoms with van der Waals surface area (Å²) >= 11 is 3.50. The molecule has 1 aliphatic carbocycles. The summed E-state index contributed by atoms with van der Waals surface area (Å²) in [5, 5.41) is 8.16. The molecular weight excluding hydrogens is 292 g/mol. The average Bonchev–Trinajstić information content (AvgIpc) is 2.58. The largest absolute Gasteiger partial charge is 0.327 e. The standard InChI is InChI=1S/C13H23BrN4/c1-13(2,3)8-5-6-10(15)9(7-8)11-12(14)16-17-18(11)4/h8-10H,5-7,15H2,1-4H3. The summed E-state index contributed by atoms with van der Waals surface area (Å²) in [6.45, 7) is 6.96. The lowest BCUT2D eigenvalue weighted by Gasteiger charge is -2.40. The molecule has 1 heterocycles. The van der Waals surface area contributed by atoms with Crippen molar-refractivity contribution in [1.29, 1.82) is 0 Å². The summed E-state index contributed by atoms with van der Waals surface area (Å²) in [6, 6.07) is 0.220. The number of aromatic nitrogens is 3. The smallest absolute Gasteiger partial charge is 0.151 e. The summed E-state index contributed by atoms with van der Waals surface area (Å²) in [7, 11) is 1.94. The van der Waals surface area contributed by atoms with Crippen LogP contribution in [0.5, 0.6) is 0 Å². The third kappa shape index (κ3) is 2.62. The van der Waals surface area contributed by atoms with Crippen molar-refractivity contribution in [2.75, 3.05) is 0 Å². The van der Waals surface area contributed by atoms with E-state index in [2.05, 4.69) is 47.0 Å². The Kier molecular flexibility index (Phi) is 3.83. The average molecular weight is 315 g/mol. The summed E-state index contributed by atoms with van der Waals surface area (Å²) in [4.78, 5) is 0. The summed E-state index contributed by atoms with van der Waals surface area (Å²) in [6.07, 6.45) is 3.44. The van der Waals surface area contributed by atoms with Crippen molar-refractivity contribution in [3.8, 4) is 0 Å². The maximum atomic E-state index is 6.32. The Balaban J connectivity index is 2.26. The SMILES string of the molecule is Cn1nnc(Br)c1C1CC(C(C)(C)C)CCC1N. The van der Waals surface area contributed by atoms with Gasteiger partial charge in [0, 0.05) is 19.0 Å². The number of halogens is 1. The molecule has 0 aromatic carbocycles. The van der Waals surface area contributed by atoms with Crippen molar-refractivity contribution in [3.63, 3.8) is 0 Å². The Morgan fingerprint density at radius 2 is 2.00 bits per heavy atom. The van der Waals surface area contributed by atoms with Crippen molar-refractivity contribution in [3.05, 3.63) is 10.3 Å². The van der Waals surface area contributed by atoms with E-state index in [-0.39, 0.29) is 6.04 Å². The van der Waals surface area contributed by atoms with E-state index in [0.29, 0.717) is 17.3 Å². The molecule has 0 aliphatic heterocycles. The van der Waals surface area contributed by atoms with Gasteiger partial charge >= 0.3 is 0 Å². The van der Waals surface area contributed by atoms with Gasteiger partial charge < -0.3 is 5.73 Å². The molecule has 3 unspecified atom stereocenters. The van der Waals surface area contributed by atoms with Crippen LogP contribution in [-0.4, -0.2) is 21.0 Å². The van der Waals surface area contributed by atoms with Crippen LogP contribution in [0.25, 0.3) is 0 Å². The molecule has 1 aliphatic rings. The van der Waals surface area contributed by atoms with E-state index in [4.69, 9.17) is 5.73 Å². The molecule has 1 saturated carbocycles. The minimum atomic E-state index is 0.220. The fraction of sp³-hybridized carbons (Fsp3) is 0.846. The number of rotatable bonds is 1. The number of aryl methyl sites for hydroxylation is 1. The second-order valence-corrected chi connectivity index (χ2v) is 7.29. The zero-order valence-electron chi connectivity index (χ0n) is 11.7. The van der Waals surface area contributed by atoms with Crippen LogP contribution < -0.4 is 5.73 Å². The second-order valence-electron chi connectivity index (χ2n) is 6.54. The van der Waals surface area contributed by atoms with Crippen LogP contribution >= 0.6 is 15.9 Å². The fourth-order valence-electron chi connectivity index (χ4n) is 3.03. The van der Waals surface area contributed by atoms with Gasteiger partial charge in [-0.3, -0.25) is 4.68 Å². The topological polar surface area (TPSA) is 56.7 Å². The Morgan fingerprint density at radius 1 is 1.33 bits per heavy atom. The first kappa shape index (κ1) is 14.0. The zero-order chi connectivity index (χ0) is 13.5. The van der Waals surface area contributed by atoms with E-state index in [9.17, 15) is 0 Å².